The van der Waals surface area contributed by atoms with E-state index in [1.807, 2.05) is 6.07 Å². The first-order valence-corrected chi connectivity index (χ1v) is 4.65. The van der Waals surface area contributed by atoms with Crippen molar-refractivity contribution in [3.05, 3.63) is 33.3 Å². The summed E-state index contributed by atoms with van der Waals surface area (Å²) in [5.74, 6) is 0. The Bertz CT molecular complexity index is 280. The monoisotopic (exact) mass is 249 g/mol. The summed E-state index contributed by atoms with van der Waals surface area (Å²) in [7, 11) is 0. The molecule has 1 atom stereocenters. The van der Waals surface area contributed by atoms with Crippen molar-refractivity contribution >= 4 is 27.5 Å². The van der Waals surface area contributed by atoms with E-state index in [0.29, 0.717) is 10.6 Å². The second kappa shape index (κ2) is 4.23. The molecule has 0 saturated heterocycles. The van der Waals surface area contributed by atoms with Crippen molar-refractivity contribution in [2.75, 3.05) is 6.54 Å². The van der Waals surface area contributed by atoms with Gasteiger partial charge in [0.1, 0.15) is 0 Å². The standard InChI is InChI=1S/C8H9BrClNO/c9-5-1-2-6(7(10)3-5)8(12)4-11/h1-3,8,12H,4,11H2/t8-/m1/s1. The Morgan fingerprint density at radius 2 is 2.25 bits per heavy atom. The molecule has 0 heterocycles. The lowest BCUT2D eigenvalue weighted by atomic mass is 10.1. The van der Waals surface area contributed by atoms with E-state index in [0.717, 1.165) is 4.47 Å². The molecular weight excluding hydrogens is 241 g/mol. The molecule has 0 spiro atoms. The van der Waals surface area contributed by atoms with E-state index in [1.54, 1.807) is 12.1 Å². The molecule has 0 radical (unpaired) electrons. The fourth-order valence-corrected chi connectivity index (χ4v) is 1.70. The summed E-state index contributed by atoms with van der Waals surface area (Å²) < 4.78 is 0.889. The summed E-state index contributed by atoms with van der Waals surface area (Å²) in [4.78, 5) is 0. The second-order valence-corrected chi connectivity index (χ2v) is 3.74. The summed E-state index contributed by atoms with van der Waals surface area (Å²) in [5.41, 5.74) is 5.96. The highest BCUT2D eigenvalue weighted by Crippen LogP contribution is 2.25. The van der Waals surface area contributed by atoms with E-state index >= 15 is 0 Å². The van der Waals surface area contributed by atoms with Crippen LogP contribution in [0.1, 0.15) is 11.7 Å². The second-order valence-electron chi connectivity index (χ2n) is 2.42. The van der Waals surface area contributed by atoms with Crippen LogP contribution in [0.2, 0.25) is 5.02 Å². The maximum Gasteiger partial charge on any atom is 0.0926 e. The molecule has 0 aromatic heterocycles. The number of aliphatic hydroxyl groups is 1. The maximum absolute atomic E-state index is 9.38. The minimum Gasteiger partial charge on any atom is -0.387 e. The number of hydrogen-bond donors (Lipinski definition) is 2. The van der Waals surface area contributed by atoms with Crippen molar-refractivity contribution in [3.63, 3.8) is 0 Å². The van der Waals surface area contributed by atoms with Crippen LogP contribution < -0.4 is 5.73 Å². The largest absolute Gasteiger partial charge is 0.387 e. The lowest BCUT2D eigenvalue weighted by molar-refractivity contribution is 0.187. The highest BCUT2D eigenvalue weighted by Gasteiger charge is 2.08. The Balaban J connectivity index is 3.01. The highest BCUT2D eigenvalue weighted by molar-refractivity contribution is 9.10. The first-order valence-electron chi connectivity index (χ1n) is 3.48. The summed E-state index contributed by atoms with van der Waals surface area (Å²) in [6.45, 7) is 0.182. The van der Waals surface area contributed by atoms with E-state index in [-0.39, 0.29) is 6.54 Å². The van der Waals surface area contributed by atoms with Crippen molar-refractivity contribution in [3.8, 4) is 0 Å². The van der Waals surface area contributed by atoms with Gasteiger partial charge in [-0.15, -0.1) is 0 Å². The Labute approximate surface area is 84.5 Å². The first-order chi connectivity index (χ1) is 5.65. The SMILES string of the molecule is NC[C@@H](O)c1ccc(Br)cc1Cl. The lowest BCUT2D eigenvalue weighted by Gasteiger charge is -2.09. The fraction of sp³-hybridized carbons (Fsp3) is 0.250. The van der Waals surface area contributed by atoms with Gasteiger partial charge in [-0.25, -0.2) is 0 Å². The van der Waals surface area contributed by atoms with Gasteiger partial charge in [-0.3, -0.25) is 0 Å². The maximum atomic E-state index is 9.38. The minimum atomic E-state index is -0.675. The smallest absolute Gasteiger partial charge is 0.0926 e. The van der Waals surface area contributed by atoms with Gasteiger partial charge >= 0.3 is 0 Å². The first kappa shape index (κ1) is 9.99. The molecule has 0 aliphatic heterocycles. The van der Waals surface area contributed by atoms with Gasteiger partial charge in [0, 0.05) is 21.6 Å². The summed E-state index contributed by atoms with van der Waals surface area (Å²) in [5, 5.41) is 9.91. The molecule has 0 aliphatic carbocycles. The number of nitrogens with two attached hydrogens (primary N) is 1. The van der Waals surface area contributed by atoms with E-state index in [4.69, 9.17) is 17.3 Å². The van der Waals surface area contributed by atoms with Crippen LogP contribution in [0.15, 0.2) is 22.7 Å². The van der Waals surface area contributed by atoms with Gasteiger partial charge in [0.25, 0.3) is 0 Å². The molecule has 0 unspecified atom stereocenters. The molecule has 1 aromatic rings. The van der Waals surface area contributed by atoms with Gasteiger partial charge in [-0.05, 0) is 12.1 Å². The third-order valence-electron chi connectivity index (χ3n) is 1.54. The van der Waals surface area contributed by atoms with E-state index in [2.05, 4.69) is 15.9 Å². The predicted octanol–water partition coefficient (Wildman–Crippen LogP) is 2.09. The molecule has 2 nitrogen and oxygen atoms in total. The van der Waals surface area contributed by atoms with Crippen molar-refractivity contribution in [1.29, 1.82) is 0 Å². The van der Waals surface area contributed by atoms with Crippen LogP contribution in [0, 0.1) is 0 Å². The lowest BCUT2D eigenvalue weighted by Crippen LogP contribution is -2.11. The van der Waals surface area contributed by atoms with Crippen LogP contribution in [0.5, 0.6) is 0 Å². The Kier molecular flexibility index (Phi) is 3.53. The normalized spacial score (nSPS) is 13.0. The van der Waals surface area contributed by atoms with Crippen molar-refractivity contribution in [1.82, 2.24) is 0 Å². The fourth-order valence-electron chi connectivity index (χ4n) is 0.899. The van der Waals surface area contributed by atoms with Crippen LogP contribution in [0.3, 0.4) is 0 Å². The number of rotatable bonds is 2. The van der Waals surface area contributed by atoms with Crippen LogP contribution >= 0.6 is 27.5 Å². The molecular formula is C8H9BrClNO. The van der Waals surface area contributed by atoms with Gasteiger partial charge in [0.2, 0.25) is 0 Å². The zero-order valence-corrected chi connectivity index (χ0v) is 8.64. The molecule has 0 fully saturated rings. The topological polar surface area (TPSA) is 46.2 Å². The molecule has 4 heteroatoms. The zero-order valence-electron chi connectivity index (χ0n) is 6.30. The highest BCUT2D eigenvalue weighted by atomic mass is 79.9. The van der Waals surface area contributed by atoms with Crippen LogP contribution in [-0.4, -0.2) is 11.7 Å². The minimum absolute atomic E-state index is 0.182. The molecule has 66 valence electrons. The average Bonchev–Trinajstić information content (AvgIpc) is 2.03. The van der Waals surface area contributed by atoms with E-state index < -0.39 is 6.10 Å². The number of benzene rings is 1. The van der Waals surface area contributed by atoms with Gasteiger partial charge in [-0.1, -0.05) is 33.6 Å². The van der Waals surface area contributed by atoms with Crippen LogP contribution in [-0.2, 0) is 0 Å². The Morgan fingerprint density at radius 3 is 2.75 bits per heavy atom. The van der Waals surface area contributed by atoms with Crippen LogP contribution in [0.25, 0.3) is 0 Å². The van der Waals surface area contributed by atoms with Gasteiger partial charge in [-0.2, -0.15) is 0 Å². The van der Waals surface area contributed by atoms with E-state index in [1.165, 1.54) is 0 Å². The summed E-state index contributed by atoms with van der Waals surface area (Å²) >= 11 is 9.13. The molecule has 0 saturated carbocycles. The Morgan fingerprint density at radius 1 is 1.58 bits per heavy atom. The number of aliphatic hydroxyl groups excluding tert-OH is 1. The number of halogens is 2. The predicted molar refractivity (Wildman–Crippen MR) is 53.2 cm³/mol. The quantitative estimate of drug-likeness (QED) is 0.844. The molecule has 0 bridgehead atoms. The Hall–Kier alpha value is -0.0900. The van der Waals surface area contributed by atoms with Gasteiger partial charge in [0.05, 0.1) is 6.10 Å². The van der Waals surface area contributed by atoms with Crippen LogP contribution in [0.4, 0.5) is 0 Å². The molecule has 0 amide bonds. The van der Waals surface area contributed by atoms with E-state index in [9.17, 15) is 5.11 Å². The summed E-state index contributed by atoms with van der Waals surface area (Å²) in [6.07, 6.45) is -0.675. The molecule has 0 aliphatic rings. The summed E-state index contributed by atoms with van der Waals surface area (Å²) in [6, 6.07) is 5.31. The number of hydrogen-bond acceptors (Lipinski definition) is 2. The molecule has 12 heavy (non-hydrogen) atoms. The third kappa shape index (κ3) is 2.20. The molecule has 3 N–H and O–H groups in total. The van der Waals surface area contributed by atoms with Gasteiger partial charge in [0.15, 0.2) is 0 Å². The van der Waals surface area contributed by atoms with Crippen molar-refractivity contribution in [2.45, 2.75) is 6.10 Å². The van der Waals surface area contributed by atoms with Crippen molar-refractivity contribution in [2.24, 2.45) is 5.73 Å². The van der Waals surface area contributed by atoms with Gasteiger partial charge < -0.3 is 10.8 Å². The zero-order chi connectivity index (χ0) is 9.14. The third-order valence-corrected chi connectivity index (χ3v) is 2.37. The average molecular weight is 251 g/mol. The van der Waals surface area contributed by atoms with Crippen molar-refractivity contribution < 1.29 is 5.11 Å². The molecule has 1 aromatic carbocycles. The molecule has 1 rings (SSSR count).